The van der Waals surface area contributed by atoms with Crippen LogP contribution in [-0.2, 0) is 16.0 Å². The van der Waals surface area contributed by atoms with Crippen LogP contribution in [-0.4, -0.2) is 40.5 Å². The standard InChI is InChI=1S/C15H20F2N4O3/c1-8-5-10(8)13-20-12(24-21-13)6-11(22)18-7-9-3-2-4-15(16,17)14(23)19-9/h8-10H,2-7H2,1H3,(H,18,22)(H,19,23). The number of aromatic nitrogens is 2. The SMILES string of the molecule is CC1CC1c1noc(CC(=O)NCC2CCCC(F)(F)C(=O)N2)n1. The summed E-state index contributed by atoms with van der Waals surface area (Å²) in [7, 11) is 0. The monoisotopic (exact) mass is 342 g/mol. The van der Waals surface area contributed by atoms with Crippen molar-refractivity contribution in [3.05, 3.63) is 11.7 Å². The van der Waals surface area contributed by atoms with Gasteiger partial charge in [-0.2, -0.15) is 13.8 Å². The van der Waals surface area contributed by atoms with Crippen molar-refractivity contribution in [1.82, 2.24) is 20.8 Å². The van der Waals surface area contributed by atoms with E-state index in [0.717, 1.165) is 6.42 Å². The van der Waals surface area contributed by atoms with E-state index in [-0.39, 0.29) is 31.2 Å². The van der Waals surface area contributed by atoms with Gasteiger partial charge in [0.1, 0.15) is 6.42 Å². The first-order valence-electron chi connectivity index (χ1n) is 8.13. The number of alkyl halides is 2. The maximum absolute atomic E-state index is 13.3. The summed E-state index contributed by atoms with van der Waals surface area (Å²) in [5.74, 6) is -3.24. The summed E-state index contributed by atoms with van der Waals surface area (Å²) >= 11 is 0. The molecule has 9 heteroatoms. The maximum atomic E-state index is 13.3. The van der Waals surface area contributed by atoms with Crippen molar-refractivity contribution in [1.29, 1.82) is 0 Å². The van der Waals surface area contributed by atoms with E-state index >= 15 is 0 Å². The van der Waals surface area contributed by atoms with Crippen molar-refractivity contribution in [3.63, 3.8) is 0 Å². The fourth-order valence-electron chi connectivity index (χ4n) is 2.81. The van der Waals surface area contributed by atoms with Crippen molar-refractivity contribution in [3.8, 4) is 0 Å². The fraction of sp³-hybridized carbons (Fsp3) is 0.733. The van der Waals surface area contributed by atoms with Crippen LogP contribution in [0.1, 0.15) is 50.2 Å². The zero-order chi connectivity index (χ0) is 17.3. The molecule has 2 fully saturated rings. The Balaban J connectivity index is 1.45. The van der Waals surface area contributed by atoms with Crippen LogP contribution >= 0.6 is 0 Å². The largest absolute Gasteiger partial charge is 0.354 e. The zero-order valence-electron chi connectivity index (χ0n) is 13.3. The lowest BCUT2D eigenvalue weighted by atomic mass is 10.1. The van der Waals surface area contributed by atoms with Crippen molar-refractivity contribution in [2.45, 2.75) is 56.9 Å². The van der Waals surface area contributed by atoms with Crippen LogP contribution in [0, 0.1) is 5.92 Å². The number of rotatable bonds is 5. The number of nitrogens with zero attached hydrogens (tertiary/aromatic N) is 2. The van der Waals surface area contributed by atoms with E-state index in [9.17, 15) is 18.4 Å². The molecule has 2 amide bonds. The molecule has 3 rings (SSSR count). The van der Waals surface area contributed by atoms with Crippen molar-refractivity contribution < 1.29 is 22.9 Å². The smallest absolute Gasteiger partial charge is 0.324 e. The van der Waals surface area contributed by atoms with Crippen LogP contribution < -0.4 is 10.6 Å². The maximum Gasteiger partial charge on any atom is 0.324 e. The number of hydrogen-bond acceptors (Lipinski definition) is 5. The Morgan fingerprint density at radius 2 is 2.25 bits per heavy atom. The minimum absolute atomic E-state index is 0.0646. The molecule has 0 radical (unpaired) electrons. The third-order valence-corrected chi connectivity index (χ3v) is 4.49. The first kappa shape index (κ1) is 16.8. The summed E-state index contributed by atoms with van der Waals surface area (Å²) in [6, 6.07) is -0.500. The van der Waals surface area contributed by atoms with Crippen molar-refractivity contribution in [2.75, 3.05) is 6.54 Å². The lowest BCUT2D eigenvalue weighted by Gasteiger charge is -2.17. The number of amides is 2. The second kappa shape index (κ2) is 6.45. The molecular weight excluding hydrogens is 322 g/mol. The van der Waals surface area contributed by atoms with Crippen LogP contribution in [0.25, 0.3) is 0 Å². The predicted octanol–water partition coefficient (Wildman–Crippen LogP) is 1.16. The highest BCUT2D eigenvalue weighted by Gasteiger charge is 2.41. The predicted molar refractivity (Wildman–Crippen MR) is 78.3 cm³/mol. The van der Waals surface area contributed by atoms with Crippen LogP contribution in [0.3, 0.4) is 0 Å². The van der Waals surface area contributed by atoms with E-state index < -0.39 is 24.3 Å². The third kappa shape index (κ3) is 3.88. The second-order valence-electron chi connectivity index (χ2n) is 6.61. The van der Waals surface area contributed by atoms with Gasteiger partial charge in [0.25, 0.3) is 5.91 Å². The molecule has 2 aliphatic rings. The van der Waals surface area contributed by atoms with Crippen LogP contribution in [0.5, 0.6) is 0 Å². The molecule has 7 nitrogen and oxygen atoms in total. The molecule has 2 N–H and O–H groups in total. The molecule has 0 spiro atoms. The van der Waals surface area contributed by atoms with Crippen molar-refractivity contribution >= 4 is 11.8 Å². The molecule has 24 heavy (non-hydrogen) atoms. The van der Waals surface area contributed by atoms with Crippen molar-refractivity contribution in [2.24, 2.45) is 5.92 Å². The molecule has 1 aliphatic heterocycles. The van der Waals surface area contributed by atoms with Gasteiger partial charge in [-0.3, -0.25) is 9.59 Å². The Hall–Kier alpha value is -2.06. The van der Waals surface area contributed by atoms with E-state index in [1.165, 1.54) is 0 Å². The van der Waals surface area contributed by atoms with Gasteiger partial charge >= 0.3 is 5.92 Å². The second-order valence-corrected chi connectivity index (χ2v) is 6.61. The van der Waals surface area contributed by atoms with Gasteiger partial charge in [-0.05, 0) is 25.2 Å². The third-order valence-electron chi connectivity index (χ3n) is 4.49. The zero-order valence-corrected chi connectivity index (χ0v) is 13.3. The van der Waals surface area contributed by atoms with Gasteiger partial charge in [-0.15, -0.1) is 0 Å². The van der Waals surface area contributed by atoms with Gasteiger partial charge in [-0.1, -0.05) is 12.1 Å². The molecular formula is C15H20F2N4O3. The molecule has 1 saturated heterocycles. The van der Waals surface area contributed by atoms with Gasteiger partial charge in [0, 0.05) is 24.9 Å². The summed E-state index contributed by atoms with van der Waals surface area (Å²) in [5.41, 5.74) is 0. The number of nitrogens with one attached hydrogen (secondary N) is 2. The van der Waals surface area contributed by atoms with E-state index in [2.05, 4.69) is 27.7 Å². The van der Waals surface area contributed by atoms with E-state index in [1.807, 2.05) is 0 Å². The Bertz CT molecular complexity index is 634. The van der Waals surface area contributed by atoms with Crippen LogP contribution in [0.15, 0.2) is 4.52 Å². The Kier molecular flexibility index (Phi) is 4.51. The fourth-order valence-corrected chi connectivity index (χ4v) is 2.81. The number of halogens is 2. The Morgan fingerprint density at radius 1 is 1.50 bits per heavy atom. The average molecular weight is 342 g/mol. The van der Waals surface area contributed by atoms with Gasteiger partial charge in [0.15, 0.2) is 5.82 Å². The Labute approximate surface area is 137 Å². The average Bonchev–Trinajstić information content (AvgIpc) is 3.09. The number of carbonyl (C=O) groups is 2. The molecule has 0 aromatic carbocycles. The summed E-state index contributed by atoms with van der Waals surface area (Å²) in [5, 5.41) is 8.74. The quantitative estimate of drug-likeness (QED) is 0.837. The number of hydrogen-bond donors (Lipinski definition) is 2. The minimum atomic E-state index is -3.33. The highest BCUT2D eigenvalue weighted by atomic mass is 19.3. The molecule has 1 aliphatic carbocycles. The molecule has 3 atom stereocenters. The Morgan fingerprint density at radius 3 is 2.96 bits per heavy atom. The minimum Gasteiger partial charge on any atom is -0.354 e. The van der Waals surface area contributed by atoms with E-state index in [0.29, 0.717) is 24.1 Å². The first-order chi connectivity index (χ1) is 11.3. The topological polar surface area (TPSA) is 97.1 Å². The van der Waals surface area contributed by atoms with Crippen LogP contribution in [0.4, 0.5) is 8.78 Å². The normalized spacial score (nSPS) is 28.8. The summed E-state index contributed by atoms with van der Waals surface area (Å²) in [4.78, 5) is 27.5. The summed E-state index contributed by atoms with van der Waals surface area (Å²) in [6.07, 6.45) is 1.11. The number of carbonyl (C=O) groups excluding carboxylic acids is 2. The summed E-state index contributed by atoms with van der Waals surface area (Å²) in [6.45, 7) is 2.19. The highest BCUT2D eigenvalue weighted by Crippen LogP contribution is 2.45. The molecule has 3 unspecified atom stereocenters. The lowest BCUT2D eigenvalue weighted by molar-refractivity contribution is -0.145. The molecule has 1 saturated carbocycles. The molecule has 1 aromatic rings. The lowest BCUT2D eigenvalue weighted by Crippen LogP contribution is -2.47. The molecule has 132 valence electrons. The molecule has 0 bridgehead atoms. The highest BCUT2D eigenvalue weighted by molar-refractivity contribution is 5.84. The first-order valence-corrected chi connectivity index (χ1v) is 8.13. The molecule has 2 heterocycles. The van der Waals surface area contributed by atoms with Gasteiger partial charge in [-0.25, -0.2) is 0 Å². The summed E-state index contributed by atoms with van der Waals surface area (Å²) < 4.78 is 31.6. The van der Waals surface area contributed by atoms with Crippen LogP contribution in [0.2, 0.25) is 0 Å². The van der Waals surface area contributed by atoms with Gasteiger partial charge in [0.05, 0.1) is 0 Å². The van der Waals surface area contributed by atoms with Gasteiger partial charge in [0.2, 0.25) is 11.8 Å². The van der Waals surface area contributed by atoms with E-state index in [4.69, 9.17) is 4.52 Å². The van der Waals surface area contributed by atoms with Gasteiger partial charge < -0.3 is 15.2 Å². The van der Waals surface area contributed by atoms with E-state index in [1.54, 1.807) is 0 Å². The molecule has 1 aromatic heterocycles.